The molecule has 0 saturated carbocycles. The monoisotopic (exact) mass is 264 g/mol. The predicted molar refractivity (Wildman–Crippen MR) is 77.5 cm³/mol. The molecular weight excluding hydrogens is 240 g/mol. The van der Waals surface area contributed by atoms with Crippen molar-refractivity contribution in [2.75, 3.05) is 27.2 Å². The van der Waals surface area contributed by atoms with Gasteiger partial charge in [0.15, 0.2) is 0 Å². The lowest BCUT2D eigenvalue weighted by molar-refractivity contribution is -0.129. The van der Waals surface area contributed by atoms with E-state index in [0.717, 1.165) is 12.2 Å². The number of aryl methyl sites for hydroxylation is 2. The minimum atomic E-state index is 0.0891. The smallest absolute Gasteiger partial charge is 0.223 e. The molecule has 0 unspecified atom stereocenters. The van der Waals surface area contributed by atoms with E-state index in [-0.39, 0.29) is 5.91 Å². The summed E-state index contributed by atoms with van der Waals surface area (Å²) in [4.78, 5) is 13.4. The van der Waals surface area contributed by atoms with Crippen LogP contribution in [0.5, 0.6) is 5.75 Å². The quantitative estimate of drug-likeness (QED) is 0.850. The molecule has 0 aliphatic carbocycles. The maximum Gasteiger partial charge on any atom is 0.223 e. The number of hydrogen-bond donors (Lipinski definition) is 1. The first kappa shape index (κ1) is 15.5. The van der Waals surface area contributed by atoms with Gasteiger partial charge in [0, 0.05) is 26.6 Å². The summed E-state index contributed by atoms with van der Waals surface area (Å²) in [5, 5.41) is 0. The Bertz CT molecular complexity index is 444. The second-order valence-corrected chi connectivity index (χ2v) is 4.87. The van der Waals surface area contributed by atoms with E-state index >= 15 is 0 Å². The predicted octanol–water partition coefficient (Wildman–Crippen LogP) is 1.66. The third-order valence-electron chi connectivity index (χ3n) is 3.28. The normalized spacial score (nSPS) is 10.4. The maximum absolute atomic E-state index is 11.7. The summed E-state index contributed by atoms with van der Waals surface area (Å²) in [5.74, 6) is 0.989. The van der Waals surface area contributed by atoms with Gasteiger partial charge in [-0.1, -0.05) is 6.07 Å². The van der Waals surface area contributed by atoms with Crippen molar-refractivity contribution in [1.29, 1.82) is 0 Å². The van der Waals surface area contributed by atoms with Crippen molar-refractivity contribution in [1.82, 2.24) is 4.90 Å². The highest BCUT2D eigenvalue weighted by atomic mass is 16.5. The van der Waals surface area contributed by atoms with Gasteiger partial charge in [0.2, 0.25) is 5.91 Å². The van der Waals surface area contributed by atoms with E-state index in [4.69, 9.17) is 10.5 Å². The number of nitrogens with two attached hydrogens (primary N) is 1. The molecule has 0 spiro atoms. The van der Waals surface area contributed by atoms with Gasteiger partial charge in [-0.15, -0.1) is 0 Å². The molecule has 19 heavy (non-hydrogen) atoms. The lowest BCUT2D eigenvalue weighted by atomic mass is 10.0. The summed E-state index contributed by atoms with van der Waals surface area (Å²) >= 11 is 0. The highest BCUT2D eigenvalue weighted by Gasteiger charge is 2.11. The van der Waals surface area contributed by atoms with Crippen LogP contribution in [0, 0.1) is 13.8 Å². The third kappa shape index (κ3) is 4.24. The highest BCUT2D eigenvalue weighted by molar-refractivity contribution is 5.76. The molecule has 0 heterocycles. The lowest BCUT2D eigenvalue weighted by Crippen LogP contribution is -2.30. The van der Waals surface area contributed by atoms with Gasteiger partial charge >= 0.3 is 0 Å². The fraction of sp³-hybridized carbons (Fsp3) is 0.533. The standard InChI is InChI=1S/C15H24N2O2/c1-11-9-12(2)13(14(10-11)19-4)6-8-17(3)15(18)5-7-16/h9-10H,5-8,16H2,1-4H3. The molecule has 2 N–H and O–H groups in total. The largest absolute Gasteiger partial charge is 0.496 e. The lowest BCUT2D eigenvalue weighted by Gasteiger charge is -2.19. The van der Waals surface area contributed by atoms with Crippen molar-refractivity contribution in [2.24, 2.45) is 5.73 Å². The number of hydrogen-bond acceptors (Lipinski definition) is 3. The van der Waals surface area contributed by atoms with E-state index in [0.29, 0.717) is 19.5 Å². The summed E-state index contributed by atoms with van der Waals surface area (Å²) in [5.41, 5.74) is 8.95. The van der Waals surface area contributed by atoms with Gasteiger partial charge in [0.25, 0.3) is 0 Å². The second kappa shape index (κ2) is 7.14. The Morgan fingerprint density at radius 3 is 2.63 bits per heavy atom. The molecule has 0 atom stereocenters. The molecule has 4 heteroatoms. The Hall–Kier alpha value is -1.55. The Balaban J connectivity index is 2.75. The number of ether oxygens (including phenoxy) is 1. The number of benzene rings is 1. The number of carbonyl (C=O) groups excluding carboxylic acids is 1. The molecule has 0 aliphatic heterocycles. The minimum Gasteiger partial charge on any atom is -0.496 e. The van der Waals surface area contributed by atoms with Gasteiger partial charge in [-0.3, -0.25) is 4.79 Å². The zero-order valence-electron chi connectivity index (χ0n) is 12.3. The van der Waals surface area contributed by atoms with Crippen LogP contribution < -0.4 is 10.5 Å². The van der Waals surface area contributed by atoms with Crippen LogP contribution in [-0.2, 0) is 11.2 Å². The van der Waals surface area contributed by atoms with Gasteiger partial charge in [0.05, 0.1) is 7.11 Å². The van der Waals surface area contributed by atoms with Gasteiger partial charge in [-0.05, 0) is 43.0 Å². The van der Waals surface area contributed by atoms with Crippen molar-refractivity contribution in [2.45, 2.75) is 26.7 Å². The molecule has 0 fully saturated rings. The Kier molecular flexibility index (Phi) is 5.83. The molecule has 0 bridgehead atoms. The summed E-state index contributed by atoms with van der Waals surface area (Å²) in [6.07, 6.45) is 1.20. The third-order valence-corrected chi connectivity index (χ3v) is 3.28. The maximum atomic E-state index is 11.7. The molecule has 1 aromatic carbocycles. The van der Waals surface area contributed by atoms with E-state index in [1.165, 1.54) is 16.7 Å². The Morgan fingerprint density at radius 1 is 1.37 bits per heavy atom. The summed E-state index contributed by atoms with van der Waals surface area (Å²) in [6, 6.07) is 4.17. The Morgan fingerprint density at radius 2 is 2.05 bits per heavy atom. The molecular formula is C15H24N2O2. The van der Waals surface area contributed by atoms with Crippen molar-refractivity contribution in [3.63, 3.8) is 0 Å². The second-order valence-electron chi connectivity index (χ2n) is 4.87. The molecule has 0 saturated heterocycles. The van der Waals surface area contributed by atoms with E-state index in [9.17, 15) is 4.79 Å². The van der Waals surface area contributed by atoms with E-state index in [1.54, 1.807) is 12.0 Å². The van der Waals surface area contributed by atoms with Crippen molar-refractivity contribution in [3.8, 4) is 5.75 Å². The van der Waals surface area contributed by atoms with Gasteiger partial charge in [-0.2, -0.15) is 0 Å². The fourth-order valence-electron chi connectivity index (χ4n) is 2.18. The average molecular weight is 264 g/mol. The molecule has 1 rings (SSSR count). The van der Waals surface area contributed by atoms with Gasteiger partial charge < -0.3 is 15.4 Å². The van der Waals surface area contributed by atoms with Crippen LogP contribution in [0.2, 0.25) is 0 Å². The number of nitrogens with zero attached hydrogens (tertiary/aromatic N) is 1. The zero-order chi connectivity index (χ0) is 14.4. The van der Waals surface area contributed by atoms with Crippen molar-refractivity contribution in [3.05, 3.63) is 28.8 Å². The molecule has 4 nitrogen and oxygen atoms in total. The number of rotatable bonds is 6. The van der Waals surface area contributed by atoms with Crippen LogP contribution in [0.3, 0.4) is 0 Å². The summed E-state index contributed by atoms with van der Waals surface area (Å²) in [6.45, 7) is 5.21. The van der Waals surface area contributed by atoms with E-state index in [2.05, 4.69) is 19.9 Å². The first-order chi connectivity index (χ1) is 8.99. The zero-order valence-corrected chi connectivity index (χ0v) is 12.3. The van der Waals surface area contributed by atoms with Crippen LogP contribution in [0.4, 0.5) is 0 Å². The van der Waals surface area contributed by atoms with Crippen LogP contribution in [-0.4, -0.2) is 38.1 Å². The van der Waals surface area contributed by atoms with E-state index < -0.39 is 0 Å². The summed E-state index contributed by atoms with van der Waals surface area (Å²) < 4.78 is 5.42. The Labute approximate surface area is 115 Å². The molecule has 106 valence electrons. The number of likely N-dealkylation sites (N-methyl/N-ethyl adjacent to an activating group) is 1. The van der Waals surface area contributed by atoms with Crippen LogP contribution >= 0.6 is 0 Å². The molecule has 0 aliphatic rings. The van der Waals surface area contributed by atoms with Crippen LogP contribution in [0.25, 0.3) is 0 Å². The van der Waals surface area contributed by atoms with E-state index in [1.807, 2.05) is 13.1 Å². The molecule has 0 aromatic heterocycles. The van der Waals surface area contributed by atoms with Crippen molar-refractivity contribution >= 4 is 5.91 Å². The minimum absolute atomic E-state index is 0.0891. The number of carbonyl (C=O) groups is 1. The van der Waals surface area contributed by atoms with Gasteiger partial charge in [0.1, 0.15) is 5.75 Å². The first-order valence-electron chi connectivity index (χ1n) is 6.57. The molecule has 1 amide bonds. The number of methoxy groups -OCH3 is 1. The fourth-order valence-corrected chi connectivity index (χ4v) is 2.18. The van der Waals surface area contributed by atoms with Crippen LogP contribution in [0.15, 0.2) is 12.1 Å². The van der Waals surface area contributed by atoms with Crippen LogP contribution in [0.1, 0.15) is 23.1 Å². The average Bonchev–Trinajstić information content (AvgIpc) is 2.36. The summed E-state index contributed by atoms with van der Waals surface area (Å²) in [7, 11) is 3.50. The first-order valence-corrected chi connectivity index (χ1v) is 6.57. The molecule has 0 radical (unpaired) electrons. The SMILES string of the molecule is COc1cc(C)cc(C)c1CCN(C)C(=O)CCN. The van der Waals surface area contributed by atoms with Crippen molar-refractivity contribution < 1.29 is 9.53 Å². The number of amides is 1. The topological polar surface area (TPSA) is 55.6 Å². The molecule has 1 aromatic rings. The van der Waals surface area contributed by atoms with Gasteiger partial charge in [-0.25, -0.2) is 0 Å². The highest BCUT2D eigenvalue weighted by Crippen LogP contribution is 2.24.